The molecule has 0 bridgehead atoms. The Morgan fingerprint density at radius 2 is 1.29 bits per heavy atom. The first kappa shape index (κ1) is 35.5. The average Bonchev–Trinajstić information content (AvgIpc) is 2.90. The van der Waals surface area contributed by atoms with Crippen molar-refractivity contribution in [2.45, 2.75) is 79.9 Å². The van der Waals surface area contributed by atoms with Crippen molar-refractivity contribution in [3.8, 4) is 11.5 Å². The summed E-state index contributed by atoms with van der Waals surface area (Å²) < 4.78 is 31.3. The second-order valence-electron chi connectivity index (χ2n) is 11.0. The summed E-state index contributed by atoms with van der Waals surface area (Å²) in [4.78, 5) is 48.8. The van der Waals surface area contributed by atoms with Gasteiger partial charge in [-0.15, -0.1) is 0 Å². The molecule has 0 saturated heterocycles. The summed E-state index contributed by atoms with van der Waals surface area (Å²) >= 11 is 0. The van der Waals surface area contributed by atoms with E-state index in [-0.39, 0.29) is 49.1 Å². The number of carbonyl (C=O) groups excluding carboxylic acids is 3. The highest BCUT2D eigenvalue weighted by Crippen LogP contribution is 2.37. The van der Waals surface area contributed by atoms with E-state index < -0.39 is 48.4 Å². The van der Waals surface area contributed by atoms with Crippen LogP contribution in [-0.4, -0.2) is 61.5 Å². The van der Waals surface area contributed by atoms with E-state index in [0.717, 1.165) is 6.42 Å². The number of hydrogen-bond donors (Lipinski definition) is 2. The van der Waals surface area contributed by atoms with Gasteiger partial charge in [-0.3, -0.25) is 4.79 Å². The minimum atomic E-state index is -1.43. The standard InChI is InChI=1S/C29H45NO11/c1-9-18(6)15-38-27(33)39-20(8)19(7)24(25(30)26(31)32)21-10-11-22(40-28(34)36-13-16(2)3)23(12-21)41-29(35)37-14-17(4)5/h10-12,16-20,24-25H,9,13-15,30H2,1-8H3,(H,31,32)/t18?,19?,20?,24?,25-/m0/s1. The zero-order valence-electron chi connectivity index (χ0n) is 25.2. The largest absolute Gasteiger partial charge is 0.513 e. The second-order valence-corrected chi connectivity index (χ2v) is 11.0. The Balaban J connectivity index is 3.34. The number of ether oxygens (including phenoxy) is 6. The van der Waals surface area contributed by atoms with Gasteiger partial charge in [0.05, 0.1) is 19.8 Å². The van der Waals surface area contributed by atoms with Crippen molar-refractivity contribution >= 4 is 24.4 Å². The first-order valence-corrected chi connectivity index (χ1v) is 13.8. The maximum Gasteiger partial charge on any atom is 0.513 e. The Morgan fingerprint density at radius 3 is 1.78 bits per heavy atom. The summed E-state index contributed by atoms with van der Waals surface area (Å²) in [6, 6.07) is 2.71. The van der Waals surface area contributed by atoms with Crippen LogP contribution in [0.2, 0.25) is 0 Å². The normalized spacial score (nSPS) is 14.8. The van der Waals surface area contributed by atoms with Gasteiger partial charge in [0.15, 0.2) is 11.5 Å². The molecule has 5 atom stereocenters. The molecule has 12 nitrogen and oxygen atoms in total. The number of aliphatic carboxylic acids is 1. The summed E-state index contributed by atoms with van der Waals surface area (Å²) in [5.74, 6) is -2.99. The van der Waals surface area contributed by atoms with Gasteiger partial charge in [-0.05, 0) is 42.4 Å². The first-order chi connectivity index (χ1) is 19.2. The lowest BCUT2D eigenvalue weighted by Gasteiger charge is -2.31. The van der Waals surface area contributed by atoms with Crippen LogP contribution >= 0.6 is 0 Å². The van der Waals surface area contributed by atoms with Gasteiger partial charge in [0.25, 0.3) is 0 Å². The van der Waals surface area contributed by atoms with Crippen LogP contribution in [0.3, 0.4) is 0 Å². The zero-order valence-corrected chi connectivity index (χ0v) is 25.2. The fourth-order valence-corrected chi connectivity index (χ4v) is 3.51. The second kappa shape index (κ2) is 17.3. The van der Waals surface area contributed by atoms with E-state index in [1.165, 1.54) is 18.2 Å². The topological polar surface area (TPSA) is 170 Å². The molecule has 1 rings (SSSR count). The molecule has 41 heavy (non-hydrogen) atoms. The van der Waals surface area contributed by atoms with Gasteiger partial charge >= 0.3 is 24.4 Å². The van der Waals surface area contributed by atoms with Gasteiger partial charge in [0.2, 0.25) is 0 Å². The molecular formula is C29H45NO11. The predicted molar refractivity (Wildman–Crippen MR) is 149 cm³/mol. The Kier molecular flexibility index (Phi) is 15.0. The van der Waals surface area contributed by atoms with Gasteiger partial charge in [-0.25, -0.2) is 14.4 Å². The van der Waals surface area contributed by atoms with Crippen LogP contribution in [0, 0.1) is 23.7 Å². The van der Waals surface area contributed by atoms with Crippen LogP contribution < -0.4 is 15.2 Å². The quantitative estimate of drug-likeness (QED) is 0.146. The van der Waals surface area contributed by atoms with E-state index >= 15 is 0 Å². The molecule has 1 aromatic carbocycles. The van der Waals surface area contributed by atoms with Crippen LogP contribution in [0.25, 0.3) is 0 Å². The van der Waals surface area contributed by atoms with Crippen molar-refractivity contribution in [2.75, 3.05) is 19.8 Å². The van der Waals surface area contributed by atoms with E-state index in [4.69, 9.17) is 34.2 Å². The first-order valence-electron chi connectivity index (χ1n) is 13.8. The van der Waals surface area contributed by atoms with Gasteiger partial charge in [-0.2, -0.15) is 0 Å². The van der Waals surface area contributed by atoms with Gasteiger partial charge in [0.1, 0.15) is 12.1 Å². The van der Waals surface area contributed by atoms with Crippen LogP contribution in [0.15, 0.2) is 18.2 Å². The van der Waals surface area contributed by atoms with Crippen LogP contribution in [0.1, 0.15) is 73.3 Å². The number of carboxylic acids is 1. The van der Waals surface area contributed by atoms with Crippen LogP contribution in [-0.2, 0) is 23.7 Å². The molecule has 1 aromatic rings. The minimum Gasteiger partial charge on any atom is -0.480 e. The lowest BCUT2D eigenvalue weighted by atomic mass is 9.79. The average molecular weight is 584 g/mol. The maximum absolute atomic E-state index is 12.4. The van der Waals surface area contributed by atoms with Crippen molar-refractivity contribution in [3.63, 3.8) is 0 Å². The fraction of sp³-hybridized carbons (Fsp3) is 0.655. The number of rotatable bonds is 15. The molecule has 0 fully saturated rings. The van der Waals surface area contributed by atoms with Crippen molar-refractivity contribution in [1.82, 2.24) is 0 Å². The third-order valence-electron chi connectivity index (χ3n) is 6.25. The summed E-state index contributed by atoms with van der Waals surface area (Å²) in [5.41, 5.74) is 6.41. The molecule has 0 radical (unpaired) electrons. The minimum absolute atomic E-state index is 0.0350. The van der Waals surface area contributed by atoms with E-state index in [2.05, 4.69) is 0 Å². The lowest BCUT2D eigenvalue weighted by molar-refractivity contribution is -0.139. The number of hydrogen-bond acceptors (Lipinski definition) is 11. The Bertz CT molecular complexity index is 1010. The SMILES string of the molecule is CCC(C)COC(=O)OC(C)C(C)C(c1ccc(OC(=O)OCC(C)C)c(OC(=O)OCC(C)C)c1)[C@H](N)C(=O)O. The number of carbonyl (C=O) groups is 4. The molecule has 0 spiro atoms. The molecule has 0 aliphatic heterocycles. The van der Waals surface area contributed by atoms with Gasteiger partial charge < -0.3 is 39.3 Å². The van der Waals surface area contributed by atoms with Crippen LogP contribution in [0.5, 0.6) is 11.5 Å². The predicted octanol–water partition coefficient (Wildman–Crippen LogP) is 5.75. The van der Waals surface area contributed by atoms with E-state index in [0.29, 0.717) is 5.56 Å². The van der Waals surface area contributed by atoms with Crippen LogP contribution in [0.4, 0.5) is 14.4 Å². The molecule has 12 heteroatoms. The van der Waals surface area contributed by atoms with E-state index in [1.54, 1.807) is 13.8 Å². The molecular weight excluding hydrogens is 538 g/mol. The highest BCUT2D eigenvalue weighted by Gasteiger charge is 2.36. The van der Waals surface area contributed by atoms with Crippen molar-refractivity contribution in [2.24, 2.45) is 29.4 Å². The highest BCUT2D eigenvalue weighted by molar-refractivity contribution is 5.75. The molecule has 4 unspecified atom stereocenters. The Labute approximate surface area is 241 Å². The molecule has 0 heterocycles. The van der Waals surface area contributed by atoms with Crippen molar-refractivity contribution < 1.29 is 52.7 Å². The summed E-state index contributed by atoms with van der Waals surface area (Å²) in [5, 5.41) is 9.76. The molecule has 0 aromatic heterocycles. The summed E-state index contributed by atoms with van der Waals surface area (Å²) in [6.45, 7) is 14.9. The molecule has 0 amide bonds. The summed E-state index contributed by atoms with van der Waals surface area (Å²) in [6.07, 6.45) is -2.94. The smallest absolute Gasteiger partial charge is 0.480 e. The molecule has 232 valence electrons. The lowest BCUT2D eigenvalue weighted by Crippen LogP contribution is -2.42. The maximum atomic E-state index is 12.4. The number of benzene rings is 1. The molecule has 0 saturated carbocycles. The zero-order chi connectivity index (χ0) is 31.3. The Hall–Kier alpha value is -3.54. The van der Waals surface area contributed by atoms with Crippen molar-refractivity contribution in [3.05, 3.63) is 23.8 Å². The molecule has 0 aliphatic carbocycles. The van der Waals surface area contributed by atoms with Gasteiger partial charge in [0, 0.05) is 11.8 Å². The Morgan fingerprint density at radius 1 is 0.780 bits per heavy atom. The number of carboxylic acid groups (broad SMARTS) is 1. The molecule has 3 N–H and O–H groups in total. The van der Waals surface area contributed by atoms with Crippen molar-refractivity contribution in [1.29, 1.82) is 0 Å². The monoisotopic (exact) mass is 583 g/mol. The fourth-order valence-electron chi connectivity index (χ4n) is 3.51. The third-order valence-corrected chi connectivity index (χ3v) is 6.25. The van der Waals surface area contributed by atoms with E-state index in [1.807, 2.05) is 41.5 Å². The van der Waals surface area contributed by atoms with Gasteiger partial charge in [-0.1, -0.05) is 61.0 Å². The van der Waals surface area contributed by atoms with E-state index in [9.17, 15) is 24.3 Å². The summed E-state index contributed by atoms with van der Waals surface area (Å²) in [7, 11) is 0. The number of nitrogens with two attached hydrogens (primary N) is 1. The highest BCUT2D eigenvalue weighted by atomic mass is 16.7. The third kappa shape index (κ3) is 12.7. The molecule has 0 aliphatic rings.